The molecule has 1 N–H and O–H groups in total. The molecule has 1 unspecified atom stereocenters. The Morgan fingerprint density at radius 3 is 3.00 bits per heavy atom. The Morgan fingerprint density at radius 1 is 1.73 bits per heavy atom. The Bertz CT molecular complexity index is 299. The van der Waals surface area contributed by atoms with Crippen LogP contribution in [0.15, 0.2) is 5.16 Å². The van der Waals surface area contributed by atoms with Crippen molar-refractivity contribution in [3.8, 4) is 0 Å². The number of rotatable bonds is 3. The molecule has 0 spiro atoms. The Balaban J connectivity index is 1.94. The summed E-state index contributed by atoms with van der Waals surface area (Å²) in [5, 5.41) is 7.16. The second-order valence-electron chi connectivity index (χ2n) is 4.16. The van der Waals surface area contributed by atoms with Gasteiger partial charge in [0, 0.05) is 25.4 Å². The van der Waals surface area contributed by atoms with Gasteiger partial charge >= 0.3 is 5.97 Å². The highest BCUT2D eigenvalue weighted by atomic mass is 16.7. The Morgan fingerprint density at radius 2 is 2.47 bits per heavy atom. The van der Waals surface area contributed by atoms with Crippen molar-refractivity contribution in [3.05, 3.63) is 0 Å². The third kappa shape index (κ3) is 1.84. The average Bonchev–Trinajstić information content (AvgIpc) is 2.47. The molecule has 2 aliphatic rings. The van der Waals surface area contributed by atoms with E-state index in [1.807, 2.05) is 0 Å². The number of carbonyl (C=O) groups is 1. The van der Waals surface area contributed by atoms with Gasteiger partial charge in [0.2, 0.25) is 5.60 Å². The summed E-state index contributed by atoms with van der Waals surface area (Å²) in [7, 11) is 0. The van der Waals surface area contributed by atoms with Crippen molar-refractivity contribution in [1.29, 1.82) is 0 Å². The molecule has 0 aromatic carbocycles. The van der Waals surface area contributed by atoms with E-state index in [9.17, 15) is 4.79 Å². The van der Waals surface area contributed by atoms with Crippen molar-refractivity contribution in [2.24, 2.45) is 11.1 Å². The Hall–Kier alpha value is -1.10. The Kier molecular flexibility index (Phi) is 2.65. The van der Waals surface area contributed by atoms with Crippen molar-refractivity contribution >= 4 is 11.7 Å². The SMILES string of the molecule is CCOC(=O)C1(C)CC(C2CNC2)=NO1. The molecule has 1 saturated heterocycles. The first-order valence-electron chi connectivity index (χ1n) is 5.28. The lowest BCUT2D eigenvalue weighted by molar-refractivity contribution is -0.166. The lowest BCUT2D eigenvalue weighted by Gasteiger charge is -2.27. The normalized spacial score (nSPS) is 30.4. The first-order valence-corrected chi connectivity index (χ1v) is 5.28. The third-order valence-electron chi connectivity index (χ3n) is 2.84. The maximum absolute atomic E-state index is 11.6. The summed E-state index contributed by atoms with van der Waals surface area (Å²) in [6.07, 6.45) is 0.554. The van der Waals surface area contributed by atoms with E-state index in [2.05, 4.69) is 10.5 Å². The molecule has 2 aliphatic heterocycles. The van der Waals surface area contributed by atoms with Crippen LogP contribution in [-0.2, 0) is 14.4 Å². The topological polar surface area (TPSA) is 59.9 Å². The van der Waals surface area contributed by atoms with E-state index in [4.69, 9.17) is 9.57 Å². The first-order chi connectivity index (χ1) is 7.15. The lowest BCUT2D eigenvalue weighted by atomic mass is 9.89. The van der Waals surface area contributed by atoms with E-state index in [1.165, 1.54) is 0 Å². The molecule has 2 rings (SSSR count). The van der Waals surface area contributed by atoms with Gasteiger partial charge in [0.25, 0.3) is 0 Å². The molecule has 5 heteroatoms. The zero-order chi connectivity index (χ0) is 10.9. The minimum atomic E-state index is -0.902. The number of hydrogen-bond acceptors (Lipinski definition) is 5. The molecule has 1 fully saturated rings. The maximum Gasteiger partial charge on any atom is 0.353 e. The third-order valence-corrected chi connectivity index (χ3v) is 2.84. The van der Waals surface area contributed by atoms with Gasteiger partial charge in [0.15, 0.2) is 0 Å². The van der Waals surface area contributed by atoms with Gasteiger partial charge in [-0.3, -0.25) is 0 Å². The molecule has 0 bridgehead atoms. The van der Waals surface area contributed by atoms with Crippen LogP contribution >= 0.6 is 0 Å². The van der Waals surface area contributed by atoms with Gasteiger partial charge in [-0.15, -0.1) is 0 Å². The van der Waals surface area contributed by atoms with Gasteiger partial charge in [-0.1, -0.05) is 5.16 Å². The van der Waals surface area contributed by atoms with Crippen molar-refractivity contribution in [2.75, 3.05) is 19.7 Å². The van der Waals surface area contributed by atoms with E-state index < -0.39 is 5.60 Å². The van der Waals surface area contributed by atoms with Gasteiger partial charge in [-0.2, -0.15) is 0 Å². The molecule has 0 radical (unpaired) electrons. The monoisotopic (exact) mass is 212 g/mol. The van der Waals surface area contributed by atoms with Gasteiger partial charge in [0.05, 0.1) is 12.3 Å². The summed E-state index contributed by atoms with van der Waals surface area (Å²) >= 11 is 0. The molecule has 0 aromatic rings. The summed E-state index contributed by atoms with van der Waals surface area (Å²) in [5.74, 6) is 0.109. The van der Waals surface area contributed by atoms with Gasteiger partial charge < -0.3 is 14.9 Å². The maximum atomic E-state index is 11.6. The van der Waals surface area contributed by atoms with Crippen LogP contribution in [0.5, 0.6) is 0 Å². The molecule has 5 nitrogen and oxygen atoms in total. The minimum absolute atomic E-state index is 0.323. The quantitative estimate of drug-likeness (QED) is 0.684. The highest BCUT2D eigenvalue weighted by molar-refractivity contribution is 5.95. The first kappa shape index (κ1) is 10.4. The van der Waals surface area contributed by atoms with Gasteiger partial charge in [0.1, 0.15) is 0 Å². The number of oxime groups is 1. The largest absolute Gasteiger partial charge is 0.463 e. The van der Waals surface area contributed by atoms with E-state index in [0.29, 0.717) is 18.9 Å². The molecule has 1 atom stereocenters. The van der Waals surface area contributed by atoms with Gasteiger partial charge in [-0.05, 0) is 13.8 Å². The molecule has 0 aromatic heterocycles. The van der Waals surface area contributed by atoms with Crippen molar-refractivity contribution in [3.63, 3.8) is 0 Å². The summed E-state index contributed by atoms with van der Waals surface area (Å²) in [6, 6.07) is 0. The van der Waals surface area contributed by atoms with Crippen LogP contribution < -0.4 is 5.32 Å². The van der Waals surface area contributed by atoms with Gasteiger partial charge in [-0.25, -0.2) is 4.79 Å². The molecular weight excluding hydrogens is 196 g/mol. The van der Waals surface area contributed by atoms with Crippen molar-refractivity contribution < 1.29 is 14.4 Å². The van der Waals surface area contributed by atoms with Crippen LogP contribution in [0.3, 0.4) is 0 Å². The fourth-order valence-electron chi connectivity index (χ4n) is 1.71. The standard InChI is InChI=1S/C10H16N2O3/c1-3-14-9(13)10(2)4-8(12-15-10)7-5-11-6-7/h7,11H,3-6H2,1-2H3. The second kappa shape index (κ2) is 3.81. The second-order valence-corrected chi connectivity index (χ2v) is 4.16. The molecule has 0 amide bonds. The van der Waals surface area contributed by atoms with Crippen LogP contribution in [0.1, 0.15) is 20.3 Å². The summed E-state index contributed by atoms with van der Waals surface area (Å²) in [6.45, 7) is 5.75. The number of nitrogens with one attached hydrogen (secondary N) is 1. The molecule has 15 heavy (non-hydrogen) atoms. The van der Waals surface area contributed by atoms with E-state index in [0.717, 1.165) is 18.8 Å². The predicted octanol–water partition coefficient (Wildman–Crippen LogP) is 0.304. The zero-order valence-electron chi connectivity index (χ0n) is 9.08. The fourth-order valence-corrected chi connectivity index (χ4v) is 1.71. The molecule has 2 heterocycles. The van der Waals surface area contributed by atoms with Crippen LogP contribution in [0.4, 0.5) is 0 Å². The number of hydrogen-bond donors (Lipinski definition) is 1. The smallest absolute Gasteiger partial charge is 0.353 e. The predicted molar refractivity (Wildman–Crippen MR) is 54.5 cm³/mol. The summed E-state index contributed by atoms with van der Waals surface area (Å²) in [4.78, 5) is 16.8. The fraction of sp³-hybridized carbons (Fsp3) is 0.800. The minimum Gasteiger partial charge on any atom is -0.463 e. The van der Waals surface area contributed by atoms with E-state index >= 15 is 0 Å². The lowest BCUT2D eigenvalue weighted by Crippen LogP contribution is -2.47. The number of esters is 1. The number of ether oxygens (including phenoxy) is 1. The van der Waals surface area contributed by atoms with Crippen molar-refractivity contribution in [2.45, 2.75) is 25.9 Å². The Labute approximate surface area is 88.8 Å². The van der Waals surface area contributed by atoms with Crippen molar-refractivity contribution in [1.82, 2.24) is 5.32 Å². The van der Waals surface area contributed by atoms with E-state index in [1.54, 1.807) is 13.8 Å². The molecule has 0 saturated carbocycles. The van der Waals surface area contributed by atoms with Crippen LogP contribution in [0, 0.1) is 5.92 Å². The molecule has 0 aliphatic carbocycles. The highest BCUT2D eigenvalue weighted by Gasteiger charge is 2.45. The molecule has 84 valence electrons. The number of nitrogens with zero attached hydrogens (tertiary/aromatic N) is 1. The van der Waals surface area contributed by atoms with Crippen LogP contribution in [0.2, 0.25) is 0 Å². The summed E-state index contributed by atoms with van der Waals surface area (Å²) in [5.41, 5.74) is 0.0744. The van der Waals surface area contributed by atoms with Crippen LogP contribution in [-0.4, -0.2) is 37.0 Å². The number of carbonyl (C=O) groups excluding carboxylic acids is 1. The highest BCUT2D eigenvalue weighted by Crippen LogP contribution is 2.28. The summed E-state index contributed by atoms with van der Waals surface area (Å²) < 4.78 is 4.96. The van der Waals surface area contributed by atoms with Crippen LogP contribution in [0.25, 0.3) is 0 Å². The zero-order valence-corrected chi connectivity index (χ0v) is 9.08. The molecular formula is C10H16N2O3. The van der Waals surface area contributed by atoms with E-state index in [-0.39, 0.29) is 5.97 Å². The average molecular weight is 212 g/mol.